The molecule has 4 nitrogen and oxygen atoms in total. The van der Waals surface area contributed by atoms with Crippen LogP contribution in [0.2, 0.25) is 0 Å². The molecule has 1 aromatic carbocycles. The molecule has 1 aliphatic carbocycles. The molecule has 1 heterocycles. The van der Waals surface area contributed by atoms with Crippen molar-refractivity contribution in [3.63, 3.8) is 0 Å². The summed E-state index contributed by atoms with van der Waals surface area (Å²) in [7, 11) is 0. The Balaban J connectivity index is 1.73. The Morgan fingerprint density at radius 1 is 1.04 bits per heavy atom. The molecule has 0 spiro atoms. The fourth-order valence-electron chi connectivity index (χ4n) is 4.07. The quantitative estimate of drug-likeness (QED) is 0.630. The predicted octanol–water partition coefficient (Wildman–Crippen LogP) is 3.58. The average Bonchev–Trinajstić information content (AvgIpc) is 2.94. The summed E-state index contributed by atoms with van der Waals surface area (Å²) < 4.78 is 5.70. The number of hydrogen-bond donors (Lipinski definition) is 2. The van der Waals surface area contributed by atoms with Gasteiger partial charge in [-0.25, -0.2) is 0 Å². The number of carbonyl (C=O) groups is 1. The van der Waals surface area contributed by atoms with Gasteiger partial charge in [-0.15, -0.1) is 0 Å². The van der Waals surface area contributed by atoms with Crippen molar-refractivity contribution in [1.29, 1.82) is 0 Å². The van der Waals surface area contributed by atoms with Crippen molar-refractivity contribution < 1.29 is 19.7 Å². The number of benzene rings is 1. The lowest BCUT2D eigenvalue weighted by Crippen LogP contribution is -2.21. The lowest BCUT2D eigenvalue weighted by molar-refractivity contribution is -0.147. The minimum Gasteiger partial charge on any atom is -0.458 e. The van der Waals surface area contributed by atoms with Crippen LogP contribution in [-0.4, -0.2) is 34.5 Å². The molecule has 0 aromatic heterocycles. The smallest absolute Gasteiger partial charge is 0.306 e. The topological polar surface area (TPSA) is 66.8 Å². The highest BCUT2D eigenvalue weighted by Gasteiger charge is 2.39. The van der Waals surface area contributed by atoms with E-state index in [1.165, 1.54) is 5.56 Å². The van der Waals surface area contributed by atoms with Crippen LogP contribution in [0.25, 0.3) is 0 Å². The third-order valence-electron chi connectivity index (χ3n) is 5.63. The van der Waals surface area contributed by atoms with E-state index in [4.69, 9.17) is 4.74 Å². The molecule has 1 fully saturated rings. The molecule has 1 aromatic rings. The van der Waals surface area contributed by atoms with Crippen LogP contribution in [0, 0.1) is 11.8 Å². The number of aliphatic hydroxyl groups excluding tert-OH is 2. The molecular formula is C23H30O4. The lowest BCUT2D eigenvalue weighted by Gasteiger charge is -2.20. The van der Waals surface area contributed by atoms with Gasteiger partial charge in [0.1, 0.15) is 6.10 Å². The van der Waals surface area contributed by atoms with Crippen molar-refractivity contribution in [2.24, 2.45) is 11.8 Å². The minimum atomic E-state index is -0.551. The number of aliphatic hydroxyl groups is 2. The standard InChI is InChI=1S/C23H30O4/c24-21-16-22(25)20-15-14-18(13-12-17-8-4-3-5-9-17)27-23(26)11-7-2-1-6-10-19(20)21/h1,3-6,8-9,14-15,18-22,24-25H,2,7,10-13,16H2/b6-1-,15-14-/t18-,19-,20?,21+,22-/m1/s1. The number of rotatable bonds is 3. The fourth-order valence-corrected chi connectivity index (χ4v) is 4.07. The largest absolute Gasteiger partial charge is 0.458 e. The van der Waals surface area contributed by atoms with Crippen molar-refractivity contribution in [1.82, 2.24) is 0 Å². The number of ether oxygens (including phenoxy) is 1. The maximum Gasteiger partial charge on any atom is 0.306 e. The Bertz CT molecular complexity index is 652. The van der Waals surface area contributed by atoms with Crippen LogP contribution >= 0.6 is 0 Å². The van der Waals surface area contributed by atoms with Crippen LogP contribution in [0.4, 0.5) is 0 Å². The highest BCUT2D eigenvalue weighted by atomic mass is 16.5. The molecule has 0 amide bonds. The van der Waals surface area contributed by atoms with Crippen molar-refractivity contribution in [3.8, 4) is 0 Å². The zero-order valence-electron chi connectivity index (χ0n) is 15.7. The van der Waals surface area contributed by atoms with Gasteiger partial charge in [0.15, 0.2) is 0 Å². The van der Waals surface area contributed by atoms with E-state index in [0.29, 0.717) is 19.3 Å². The molecule has 1 aliphatic heterocycles. The minimum absolute atomic E-state index is 0.0127. The summed E-state index contributed by atoms with van der Waals surface area (Å²) in [6, 6.07) is 10.2. The molecule has 0 radical (unpaired) electrons. The summed E-state index contributed by atoms with van der Waals surface area (Å²) >= 11 is 0. The zero-order valence-corrected chi connectivity index (χ0v) is 15.7. The Morgan fingerprint density at radius 2 is 1.85 bits per heavy atom. The van der Waals surface area contributed by atoms with Gasteiger partial charge in [-0.2, -0.15) is 0 Å². The van der Waals surface area contributed by atoms with Gasteiger partial charge >= 0.3 is 5.97 Å². The third-order valence-corrected chi connectivity index (χ3v) is 5.63. The second-order valence-electron chi connectivity index (χ2n) is 7.65. The maximum atomic E-state index is 12.2. The molecule has 2 aliphatic rings. The molecule has 0 saturated heterocycles. The number of cyclic esters (lactones) is 1. The van der Waals surface area contributed by atoms with Crippen LogP contribution in [0.1, 0.15) is 44.1 Å². The van der Waals surface area contributed by atoms with Crippen molar-refractivity contribution >= 4 is 5.97 Å². The van der Waals surface area contributed by atoms with Crippen molar-refractivity contribution in [3.05, 3.63) is 60.2 Å². The number of hydrogen-bond acceptors (Lipinski definition) is 4. The van der Waals surface area contributed by atoms with Gasteiger partial charge < -0.3 is 14.9 Å². The monoisotopic (exact) mass is 370 g/mol. The Kier molecular flexibility index (Phi) is 7.25. The van der Waals surface area contributed by atoms with Gasteiger partial charge in [-0.05, 0) is 49.7 Å². The Morgan fingerprint density at radius 3 is 2.67 bits per heavy atom. The predicted molar refractivity (Wildman–Crippen MR) is 105 cm³/mol. The molecule has 27 heavy (non-hydrogen) atoms. The zero-order chi connectivity index (χ0) is 19.1. The van der Waals surface area contributed by atoms with E-state index in [0.717, 1.165) is 25.7 Å². The van der Waals surface area contributed by atoms with Gasteiger partial charge in [-0.3, -0.25) is 4.79 Å². The summed E-state index contributed by atoms with van der Waals surface area (Å²) in [5.74, 6) is -0.268. The van der Waals surface area contributed by atoms with Crippen LogP contribution in [0.5, 0.6) is 0 Å². The number of carbonyl (C=O) groups excluding carboxylic acids is 1. The first-order chi connectivity index (χ1) is 13.1. The highest BCUT2D eigenvalue weighted by Crippen LogP contribution is 2.36. The van der Waals surface area contributed by atoms with Gasteiger partial charge in [0.25, 0.3) is 0 Å². The fraction of sp³-hybridized carbons (Fsp3) is 0.522. The average molecular weight is 370 g/mol. The summed E-state index contributed by atoms with van der Waals surface area (Å²) in [6.07, 6.45) is 11.4. The van der Waals surface area contributed by atoms with E-state index in [1.807, 2.05) is 30.4 Å². The summed E-state index contributed by atoms with van der Waals surface area (Å²) in [5, 5.41) is 20.7. The van der Waals surface area contributed by atoms with Gasteiger partial charge in [0.05, 0.1) is 12.2 Å². The molecule has 4 heteroatoms. The molecular weight excluding hydrogens is 340 g/mol. The molecule has 0 bridgehead atoms. The summed E-state index contributed by atoms with van der Waals surface area (Å²) in [5.41, 5.74) is 1.21. The first-order valence-electron chi connectivity index (χ1n) is 10.1. The van der Waals surface area contributed by atoms with Crippen LogP contribution in [0.15, 0.2) is 54.6 Å². The first-order valence-corrected chi connectivity index (χ1v) is 10.1. The van der Waals surface area contributed by atoms with E-state index >= 15 is 0 Å². The van der Waals surface area contributed by atoms with E-state index in [1.54, 1.807) is 0 Å². The highest BCUT2D eigenvalue weighted by molar-refractivity contribution is 5.69. The summed E-state index contributed by atoms with van der Waals surface area (Å²) in [4.78, 5) is 12.2. The Hall–Kier alpha value is -1.91. The molecule has 1 unspecified atom stereocenters. The number of esters is 1. The van der Waals surface area contributed by atoms with Gasteiger partial charge in [-0.1, -0.05) is 48.6 Å². The van der Waals surface area contributed by atoms with E-state index in [2.05, 4.69) is 24.3 Å². The van der Waals surface area contributed by atoms with E-state index in [-0.39, 0.29) is 23.9 Å². The molecule has 1 saturated carbocycles. The molecule has 2 N–H and O–H groups in total. The lowest BCUT2D eigenvalue weighted by atomic mass is 9.89. The van der Waals surface area contributed by atoms with Gasteiger partial charge in [0, 0.05) is 18.8 Å². The van der Waals surface area contributed by atoms with Crippen LogP contribution in [-0.2, 0) is 16.0 Å². The molecule has 5 atom stereocenters. The normalized spacial score (nSPS) is 34.4. The van der Waals surface area contributed by atoms with E-state index < -0.39 is 12.2 Å². The SMILES string of the molecule is O=C1CCC/C=C\C[C@@H]2C(/C=C\[C@@H](CCc3ccccc3)O1)[C@H](O)C[C@@H]2O. The second kappa shape index (κ2) is 9.86. The summed E-state index contributed by atoms with van der Waals surface area (Å²) in [6.45, 7) is 0. The Labute approximate surface area is 161 Å². The third kappa shape index (κ3) is 5.78. The van der Waals surface area contributed by atoms with Crippen LogP contribution in [0.3, 0.4) is 0 Å². The second-order valence-corrected chi connectivity index (χ2v) is 7.65. The first kappa shape index (κ1) is 19.8. The van der Waals surface area contributed by atoms with Gasteiger partial charge in [0.2, 0.25) is 0 Å². The molecule has 3 rings (SSSR count). The van der Waals surface area contributed by atoms with E-state index in [9.17, 15) is 15.0 Å². The maximum absolute atomic E-state index is 12.2. The van der Waals surface area contributed by atoms with Crippen molar-refractivity contribution in [2.75, 3.05) is 0 Å². The number of aryl methyl sites for hydroxylation is 1. The molecule has 146 valence electrons. The number of allylic oxidation sites excluding steroid dienone is 2. The number of fused-ring (bicyclic) bond motifs is 1. The van der Waals surface area contributed by atoms with Crippen molar-refractivity contribution in [2.45, 2.75) is 63.3 Å². The van der Waals surface area contributed by atoms with Crippen LogP contribution < -0.4 is 0 Å².